The van der Waals surface area contributed by atoms with Crippen molar-refractivity contribution in [3.8, 4) is 0 Å². The monoisotopic (exact) mass is 206 g/mol. The zero-order valence-electron chi connectivity index (χ0n) is 6.36. The second-order valence-electron chi connectivity index (χ2n) is 2.32. The first kappa shape index (κ1) is 9.41. The van der Waals surface area contributed by atoms with Gasteiger partial charge in [0.2, 0.25) is 9.05 Å². The van der Waals surface area contributed by atoms with Crippen molar-refractivity contribution >= 4 is 19.7 Å². The lowest BCUT2D eigenvalue weighted by Crippen LogP contribution is -1.97. The fourth-order valence-corrected chi connectivity index (χ4v) is 1.62. The maximum atomic E-state index is 10.6. The molecule has 0 aliphatic heterocycles. The van der Waals surface area contributed by atoms with Gasteiger partial charge in [0.1, 0.15) is 5.82 Å². The number of nitrogens with zero attached hydrogens (tertiary/aromatic N) is 2. The molecule has 1 heterocycles. The second-order valence-corrected chi connectivity index (χ2v) is 5.10. The van der Waals surface area contributed by atoms with Crippen molar-refractivity contribution in [2.75, 3.05) is 0 Å². The topological polar surface area (TPSA) is 59.9 Å². The first-order chi connectivity index (χ1) is 5.47. The molecule has 0 N–H and O–H groups in total. The molecule has 0 amide bonds. The van der Waals surface area contributed by atoms with Crippen LogP contribution in [0.4, 0.5) is 0 Å². The van der Waals surface area contributed by atoms with Gasteiger partial charge in [-0.2, -0.15) is 0 Å². The van der Waals surface area contributed by atoms with Gasteiger partial charge in [-0.05, 0) is 6.92 Å². The molecule has 0 aliphatic carbocycles. The quantitative estimate of drug-likeness (QED) is 0.674. The molecule has 12 heavy (non-hydrogen) atoms. The van der Waals surface area contributed by atoms with E-state index < -0.39 is 9.05 Å². The van der Waals surface area contributed by atoms with Crippen LogP contribution in [0.3, 0.4) is 0 Å². The summed E-state index contributed by atoms with van der Waals surface area (Å²) in [7, 11) is 1.53. The molecule has 1 aromatic heterocycles. The Balaban J connectivity index is 2.85. The van der Waals surface area contributed by atoms with E-state index in [1.54, 1.807) is 6.92 Å². The van der Waals surface area contributed by atoms with Crippen LogP contribution in [0, 0.1) is 6.92 Å². The predicted octanol–water partition coefficient (Wildman–Crippen LogP) is 0.854. The Labute approximate surface area is 75.0 Å². The van der Waals surface area contributed by atoms with Crippen LogP contribution in [-0.4, -0.2) is 18.4 Å². The lowest BCUT2D eigenvalue weighted by molar-refractivity contribution is 0.608. The Bertz CT molecular complexity index is 360. The molecule has 0 unspecified atom stereocenters. The molecule has 0 radical (unpaired) electrons. The molecule has 0 bridgehead atoms. The third-order valence-corrected chi connectivity index (χ3v) is 2.18. The molecule has 1 rings (SSSR count). The van der Waals surface area contributed by atoms with E-state index in [-0.39, 0.29) is 5.75 Å². The highest BCUT2D eigenvalue weighted by atomic mass is 35.7. The predicted molar refractivity (Wildman–Crippen MR) is 45.2 cm³/mol. The van der Waals surface area contributed by atoms with Crippen LogP contribution in [0.1, 0.15) is 11.4 Å². The minimum Gasteiger partial charge on any atom is -0.241 e. The van der Waals surface area contributed by atoms with Gasteiger partial charge < -0.3 is 0 Å². The summed E-state index contributed by atoms with van der Waals surface area (Å²) in [5.41, 5.74) is 0.496. The van der Waals surface area contributed by atoms with Crippen molar-refractivity contribution in [3.63, 3.8) is 0 Å². The van der Waals surface area contributed by atoms with Crippen LogP contribution < -0.4 is 0 Å². The maximum absolute atomic E-state index is 10.6. The van der Waals surface area contributed by atoms with Crippen LogP contribution in [0.15, 0.2) is 12.4 Å². The van der Waals surface area contributed by atoms with Crippen LogP contribution in [0.2, 0.25) is 0 Å². The van der Waals surface area contributed by atoms with E-state index in [0.29, 0.717) is 11.4 Å². The zero-order chi connectivity index (χ0) is 9.19. The van der Waals surface area contributed by atoms with Gasteiger partial charge in [-0.15, -0.1) is 0 Å². The van der Waals surface area contributed by atoms with Gasteiger partial charge in [-0.25, -0.2) is 18.4 Å². The van der Waals surface area contributed by atoms with Crippen molar-refractivity contribution in [1.29, 1.82) is 0 Å². The number of hydrogen-bond donors (Lipinski definition) is 0. The number of aromatic nitrogens is 2. The van der Waals surface area contributed by atoms with Gasteiger partial charge in [0.15, 0.2) is 0 Å². The Hall–Kier alpha value is -0.680. The molecule has 1 aromatic rings. The highest BCUT2D eigenvalue weighted by Gasteiger charge is 2.06. The molecule has 0 saturated heterocycles. The summed E-state index contributed by atoms with van der Waals surface area (Å²) in [4.78, 5) is 7.66. The number of aryl methyl sites for hydroxylation is 1. The van der Waals surface area contributed by atoms with Gasteiger partial charge in [0.05, 0.1) is 5.75 Å². The Morgan fingerprint density at radius 2 is 1.92 bits per heavy atom. The Kier molecular flexibility index (Phi) is 2.64. The van der Waals surface area contributed by atoms with Gasteiger partial charge in [0, 0.05) is 28.6 Å². The standard InChI is InChI=1S/C6H7ClN2O2S/c1-5-8-2-6(3-9-5)4-12(7,10)11/h2-3H,4H2,1H3. The van der Waals surface area contributed by atoms with Crippen molar-refractivity contribution in [3.05, 3.63) is 23.8 Å². The average Bonchev–Trinajstić information content (AvgIpc) is 1.91. The third kappa shape index (κ3) is 3.15. The lowest BCUT2D eigenvalue weighted by Gasteiger charge is -1.96. The average molecular weight is 207 g/mol. The molecule has 0 saturated carbocycles. The molecule has 0 fully saturated rings. The summed E-state index contributed by atoms with van der Waals surface area (Å²) in [6.07, 6.45) is 2.89. The molecule has 4 nitrogen and oxygen atoms in total. The van der Waals surface area contributed by atoms with Crippen molar-refractivity contribution in [2.24, 2.45) is 0 Å². The third-order valence-electron chi connectivity index (χ3n) is 1.17. The van der Waals surface area contributed by atoms with Crippen molar-refractivity contribution < 1.29 is 8.42 Å². The van der Waals surface area contributed by atoms with Crippen molar-refractivity contribution in [1.82, 2.24) is 9.97 Å². The Morgan fingerprint density at radius 1 is 1.42 bits per heavy atom. The van der Waals surface area contributed by atoms with Gasteiger partial charge >= 0.3 is 0 Å². The first-order valence-corrected chi connectivity index (χ1v) is 5.65. The minimum absolute atomic E-state index is 0.227. The van der Waals surface area contributed by atoms with Gasteiger partial charge in [0.25, 0.3) is 0 Å². The molecule has 6 heteroatoms. The molecule has 0 aliphatic rings. The zero-order valence-corrected chi connectivity index (χ0v) is 7.93. The number of hydrogen-bond acceptors (Lipinski definition) is 4. The smallest absolute Gasteiger partial charge is 0.236 e. The summed E-state index contributed by atoms with van der Waals surface area (Å²) in [6, 6.07) is 0. The largest absolute Gasteiger partial charge is 0.241 e. The van der Waals surface area contributed by atoms with E-state index in [0.717, 1.165) is 0 Å². The second kappa shape index (κ2) is 3.37. The van der Waals surface area contributed by atoms with Crippen LogP contribution in [0.5, 0.6) is 0 Å². The molecule has 66 valence electrons. The van der Waals surface area contributed by atoms with Crippen LogP contribution in [-0.2, 0) is 14.8 Å². The summed E-state index contributed by atoms with van der Waals surface area (Å²) in [6.45, 7) is 1.72. The molecule has 0 spiro atoms. The molecular formula is C6H7ClN2O2S. The summed E-state index contributed by atoms with van der Waals surface area (Å²) in [5.74, 6) is 0.375. The van der Waals surface area contributed by atoms with Gasteiger partial charge in [-0.1, -0.05) is 0 Å². The normalized spacial score (nSPS) is 11.5. The first-order valence-electron chi connectivity index (χ1n) is 3.17. The van der Waals surface area contributed by atoms with Crippen LogP contribution in [0.25, 0.3) is 0 Å². The van der Waals surface area contributed by atoms with Crippen molar-refractivity contribution in [2.45, 2.75) is 12.7 Å². The van der Waals surface area contributed by atoms with E-state index in [4.69, 9.17) is 10.7 Å². The van der Waals surface area contributed by atoms with E-state index in [1.807, 2.05) is 0 Å². The fraction of sp³-hybridized carbons (Fsp3) is 0.333. The summed E-state index contributed by atoms with van der Waals surface area (Å²) in [5, 5.41) is 0. The molecule has 0 aromatic carbocycles. The van der Waals surface area contributed by atoms with Gasteiger partial charge in [-0.3, -0.25) is 0 Å². The SMILES string of the molecule is Cc1ncc(CS(=O)(=O)Cl)cn1. The van der Waals surface area contributed by atoms with E-state index in [1.165, 1.54) is 12.4 Å². The minimum atomic E-state index is -3.50. The fourth-order valence-electron chi connectivity index (χ4n) is 0.693. The van der Waals surface area contributed by atoms with E-state index >= 15 is 0 Å². The van der Waals surface area contributed by atoms with E-state index in [9.17, 15) is 8.42 Å². The van der Waals surface area contributed by atoms with E-state index in [2.05, 4.69) is 9.97 Å². The Morgan fingerprint density at radius 3 is 2.33 bits per heavy atom. The highest BCUT2D eigenvalue weighted by molar-refractivity contribution is 8.13. The number of rotatable bonds is 2. The summed E-state index contributed by atoms with van der Waals surface area (Å²) < 4.78 is 21.2. The highest BCUT2D eigenvalue weighted by Crippen LogP contribution is 2.06. The molecule has 0 atom stereocenters. The summed E-state index contributed by atoms with van der Waals surface area (Å²) >= 11 is 0. The maximum Gasteiger partial charge on any atom is 0.236 e. The van der Waals surface area contributed by atoms with Crippen LogP contribution >= 0.6 is 10.7 Å². The molecular weight excluding hydrogens is 200 g/mol. The number of halogens is 1. The lowest BCUT2D eigenvalue weighted by atomic mass is 10.4.